The second-order valence-electron chi connectivity index (χ2n) is 6.69. The molecule has 1 heterocycles. The molecule has 31 heavy (non-hydrogen) atoms. The van der Waals surface area contributed by atoms with Crippen LogP contribution in [0.4, 0.5) is 24.7 Å². The van der Waals surface area contributed by atoms with Gasteiger partial charge in [0.2, 0.25) is 0 Å². The number of amides is 1. The van der Waals surface area contributed by atoms with E-state index in [1.165, 1.54) is 0 Å². The number of hydrogen-bond acceptors (Lipinski definition) is 4. The molecule has 0 aliphatic rings. The van der Waals surface area contributed by atoms with Crippen molar-refractivity contribution in [3.05, 3.63) is 92.1 Å². The topological polar surface area (TPSA) is 101 Å². The molecule has 0 saturated heterocycles. The minimum absolute atomic E-state index is 0.00330. The Kier molecular flexibility index (Phi) is 6.00. The average Bonchev–Trinajstić information content (AvgIpc) is 2.74. The first-order chi connectivity index (χ1) is 14.6. The summed E-state index contributed by atoms with van der Waals surface area (Å²) in [6.07, 6.45) is -4.54. The van der Waals surface area contributed by atoms with Crippen LogP contribution in [0.2, 0.25) is 0 Å². The molecule has 162 valence electrons. The van der Waals surface area contributed by atoms with Crippen LogP contribution in [0.15, 0.2) is 64.2 Å². The fourth-order valence-electron chi connectivity index (χ4n) is 3.12. The number of carbonyl (C=O) groups excluding carboxylic acids is 1. The van der Waals surface area contributed by atoms with Gasteiger partial charge in [-0.25, -0.2) is 4.79 Å². The summed E-state index contributed by atoms with van der Waals surface area (Å²) >= 11 is 0. The van der Waals surface area contributed by atoms with Gasteiger partial charge in [0.05, 0.1) is 12.1 Å². The van der Waals surface area contributed by atoms with Gasteiger partial charge >= 0.3 is 11.9 Å². The van der Waals surface area contributed by atoms with Crippen molar-refractivity contribution in [3.8, 4) is 0 Å². The van der Waals surface area contributed by atoms with Crippen LogP contribution >= 0.6 is 0 Å². The van der Waals surface area contributed by atoms with Crippen LogP contribution in [0.1, 0.15) is 28.4 Å². The summed E-state index contributed by atoms with van der Waals surface area (Å²) in [5.74, 6) is -0.946. The number of nitrogens with zero attached hydrogens (tertiary/aromatic N) is 2. The van der Waals surface area contributed by atoms with E-state index in [2.05, 4.69) is 4.98 Å². The number of carbonyl (C=O) groups is 1. The van der Waals surface area contributed by atoms with E-state index in [-0.39, 0.29) is 30.2 Å². The van der Waals surface area contributed by atoms with E-state index in [1.807, 2.05) is 0 Å². The van der Waals surface area contributed by atoms with Crippen molar-refractivity contribution in [1.82, 2.24) is 9.55 Å². The Morgan fingerprint density at radius 1 is 1.06 bits per heavy atom. The van der Waals surface area contributed by atoms with Crippen molar-refractivity contribution in [1.29, 1.82) is 0 Å². The Hall–Kier alpha value is -3.82. The number of hydrogen-bond donors (Lipinski definition) is 2. The van der Waals surface area contributed by atoms with Crippen LogP contribution in [-0.2, 0) is 12.7 Å². The highest BCUT2D eigenvalue weighted by atomic mass is 19.4. The zero-order valence-electron chi connectivity index (χ0n) is 16.4. The maximum Gasteiger partial charge on any atom is 0.416 e. The molecule has 0 atom stereocenters. The van der Waals surface area contributed by atoms with Gasteiger partial charge in [-0.2, -0.15) is 13.2 Å². The normalized spacial score (nSPS) is 11.4. The van der Waals surface area contributed by atoms with E-state index < -0.39 is 28.9 Å². The van der Waals surface area contributed by atoms with E-state index >= 15 is 0 Å². The van der Waals surface area contributed by atoms with Crippen LogP contribution < -0.4 is 21.9 Å². The highest BCUT2D eigenvalue weighted by Crippen LogP contribution is 2.29. The third kappa shape index (κ3) is 4.52. The molecule has 0 saturated carbocycles. The second kappa shape index (κ2) is 8.50. The van der Waals surface area contributed by atoms with Gasteiger partial charge in [-0.1, -0.05) is 30.3 Å². The molecule has 3 N–H and O–H groups in total. The average molecular weight is 432 g/mol. The van der Waals surface area contributed by atoms with Gasteiger partial charge in [0.1, 0.15) is 5.82 Å². The van der Waals surface area contributed by atoms with Gasteiger partial charge in [-0.3, -0.25) is 19.1 Å². The number of H-pyrrole nitrogens is 1. The van der Waals surface area contributed by atoms with E-state index in [1.54, 1.807) is 37.3 Å². The molecule has 0 bridgehead atoms. The lowest BCUT2D eigenvalue weighted by molar-refractivity contribution is -0.137. The number of nitrogens with one attached hydrogen (secondary N) is 1. The molecule has 0 fully saturated rings. The number of aromatic nitrogens is 2. The molecule has 7 nitrogen and oxygen atoms in total. The molecule has 0 spiro atoms. The Morgan fingerprint density at radius 2 is 1.68 bits per heavy atom. The fraction of sp³-hybridized carbons (Fsp3) is 0.190. The summed E-state index contributed by atoms with van der Waals surface area (Å²) in [7, 11) is 0. The highest BCUT2D eigenvalue weighted by molar-refractivity contribution is 6.07. The number of nitrogen functional groups attached to an aromatic ring is 1. The third-order valence-electron chi connectivity index (χ3n) is 4.69. The number of aromatic amines is 1. The molecular weight excluding hydrogens is 413 g/mol. The molecule has 3 rings (SSSR count). The van der Waals surface area contributed by atoms with Crippen LogP contribution in [0.3, 0.4) is 0 Å². The SMILES string of the molecule is CCN(C(=O)c1ccc(C(F)(F)F)cc1)c1c(N)n(Cc2ccccc2)c(=O)[nH]c1=O. The number of alkyl halides is 3. The number of rotatable bonds is 5. The highest BCUT2D eigenvalue weighted by Gasteiger charge is 2.31. The fourth-order valence-corrected chi connectivity index (χ4v) is 3.12. The minimum atomic E-state index is -4.54. The quantitative estimate of drug-likeness (QED) is 0.647. The lowest BCUT2D eigenvalue weighted by Gasteiger charge is -2.23. The van der Waals surface area contributed by atoms with Crippen molar-refractivity contribution >= 4 is 17.4 Å². The summed E-state index contributed by atoms with van der Waals surface area (Å²) in [5.41, 5.74) is 4.03. The first-order valence-electron chi connectivity index (χ1n) is 9.29. The number of nitrogens with two attached hydrogens (primary N) is 1. The van der Waals surface area contributed by atoms with Gasteiger partial charge in [-0.15, -0.1) is 0 Å². The molecule has 1 aromatic heterocycles. The van der Waals surface area contributed by atoms with Gasteiger partial charge in [0.25, 0.3) is 11.5 Å². The van der Waals surface area contributed by atoms with Crippen molar-refractivity contribution in [2.45, 2.75) is 19.6 Å². The van der Waals surface area contributed by atoms with Crippen LogP contribution in [0.25, 0.3) is 0 Å². The monoisotopic (exact) mass is 432 g/mol. The van der Waals surface area contributed by atoms with E-state index in [9.17, 15) is 27.6 Å². The Morgan fingerprint density at radius 3 is 2.23 bits per heavy atom. The smallest absolute Gasteiger partial charge is 0.383 e. The molecule has 0 unspecified atom stereocenters. The summed E-state index contributed by atoms with van der Waals surface area (Å²) in [5, 5.41) is 0. The lowest BCUT2D eigenvalue weighted by Crippen LogP contribution is -2.41. The maximum absolute atomic E-state index is 12.9. The van der Waals surface area contributed by atoms with Gasteiger partial charge < -0.3 is 10.6 Å². The molecule has 0 aliphatic carbocycles. The first kappa shape index (κ1) is 21.9. The minimum Gasteiger partial charge on any atom is -0.383 e. The van der Waals surface area contributed by atoms with Crippen molar-refractivity contribution < 1.29 is 18.0 Å². The van der Waals surface area contributed by atoms with Crippen molar-refractivity contribution in [2.24, 2.45) is 0 Å². The van der Waals surface area contributed by atoms with E-state index in [0.29, 0.717) is 0 Å². The van der Waals surface area contributed by atoms with E-state index in [0.717, 1.165) is 39.3 Å². The predicted molar refractivity (Wildman–Crippen MR) is 110 cm³/mol. The molecule has 1 amide bonds. The standard InChI is InChI=1S/C21H19F3N4O3/c1-2-27(19(30)14-8-10-15(11-9-14)21(22,23)24)16-17(25)28(20(31)26-18(16)29)12-13-6-4-3-5-7-13/h3-11H,2,12,25H2,1H3,(H,26,29,31). The lowest BCUT2D eigenvalue weighted by atomic mass is 10.1. The number of anilines is 2. The maximum atomic E-state index is 12.9. The number of halogens is 3. The molecule has 10 heteroatoms. The second-order valence-corrected chi connectivity index (χ2v) is 6.69. The molecule has 0 aliphatic heterocycles. The van der Waals surface area contributed by atoms with Gasteiger partial charge in [0, 0.05) is 12.1 Å². The summed E-state index contributed by atoms with van der Waals surface area (Å²) in [6, 6.07) is 12.5. The Labute approximate surface area is 174 Å². The molecule has 0 radical (unpaired) electrons. The largest absolute Gasteiger partial charge is 0.416 e. The van der Waals surface area contributed by atoms with Gasteiger partial charge in [0.15, 0.2) is 5.69 Å². The van der Waals surface area contributed by atoms with Crippen molar-refractivity contribution in [3.63, 3.8) is 0 Å². The molecule has 3 aromatic rings. The van der Waals surface area contributed by atoms with Crippen LogP contribution in [0.5, 0.6) is 0 Å². The van der Waals surface area contributed by atoms with E-state index in [4.69, 9.17) is 5.73 Å². The van der Waals surface area contributed by atoms with Crippen LogP contribution in [0, 0.1) is 0 Å². The summed E-state index contributed by atoms with van der Waals surface area (Å²) in [6.45, 7) is 1.63. The first-order valence-corrected chi connectivity index (χ1v) is 9.29. The molecule has 2 aromatic carbocycles. The van der Waals surface area contributed by atoms with Gasteiger partial charge in [-0.05, 0) is 36.8 Å². The Bertz CT molecular complexity index is 1200. The molecular formula is C21H19F3N4O3. The summed E-state index contributed by atoms with van der Waals surface area (Å²) < 4.78 is 39.5. The Balaban J connectivity index is 2.03. The predicted octanol–water partition coefficient (Wildman–Crippen LogP) is 2.85. The zero-order valence-corrected chi connectivity index (χ0v) is 16.4. The number of benzene rings is 2. The zero-order chi connectivity index (χ0) is 22.8. The van der Waals surface area contributed by atoms with Crippen LogP contribution in [-0.4, -0.2) is 22.0 Å². The van der Waals surface area contributed by atoms with Crippen molar-refractivity contribution in [2.75, 3.05) is 17.2 Å². The third-order valence-corrected chi connectivity index (χ3v) is 4.69. The summed E-state index contributed by atoms with van der Waals surface area (Å²) in [4.78, 5) is 40.9.